The van der Waals surface area contributed by atoms with Gasteiger partial charge in [-0.25, -0.2) is 8.78 Å². The fourth-order valence-corrected chi connectivity index (χ4v) is 4.29. The molecule has 5 rings (SSSR count). The Kier molecular flexibility index (Phi) is 6.07. The van der Waals surface area contributed by atoms with Crippen molar-refractivity contribution in [1.82, 2.24) is 0 Å². The predicted octanol–water partition coefficient (Wildman–Crippen LogP) is 7.34. The number of amides is 1. The molecule has 0 radical (unpaired) electrons. The number of alkyl halides is 3. The molecule has 9 heteroatoms. The van der Waals surface area contributed by atoms with E-state index in [-0.39, 0.29) is 5.56 Å². The minimum absolute atomic E-state index is 0.0349. The van der Waals surface area contributed by atoms with Crippen molar-refractivity contribution in [3.05, 3.63) is 125 Å². The first-order valence-corrected chi connectivity index (χ1v) is 11.3. The highest BCUT2D eigenvalue weighted by molar-refractivity contribution is 6.06. The molecule has 0 aliphatic carbocycles. The summed E-state index contributed by atoms with van der Waals surface area (Å²) in [4.78, 5) is 13.0. The molecule has 0 fully saturated rings. The topological polar surface area (TPSA) is 44.5 Å². The largest absolute Gasteiger partial charge is 0.417 e. The van der Waals surface area contributed by atoms with Crippen molar-refractivity contribution in [3.63, 3.8) is 0 Å². The third-order valence-corrected chi connectivity index (χ3v) is 6.14. The zero-order valence-corrected chi connectivity index (χ0v) is 19.4. The zero-order valence-electron chi connectivity index (χ0n) is 19.4. The van der Waals surface area contributed by atoms with Crippen LogP contribution in [0.1, 0.15) is 32.6 Å². The van der Waals surface area contributed by atoms with Gasteiger partial charge in [0, 0.05) is 22.9 Å². The Bertz CT molecular complexity index is 1530. The minimum atomic E-state index is -4.76. The van der Waals surface area contributed by atoms with Crippen LogP contribution < -0.4 is 5.32 Å². The number of hydrogen-bond donors (Lipinski definition) is 1. The summed E-state index contributed by atoms with van der Waals surface area (Å²) in [6.07, 6.45) is 1.63. The SMILES string of the molecule is Cc1ccc(NC(=O)c2cc(C3=CC=CC4C(c5cccc(F)c5F)=CN=[N+]34)ccc2C(F)(F)F)cc1. The van der Waals surface area contributed by atoms with Crippen molar-refractivity contribution in [2.45, 2.75) is 19.1 Å². The van der Waals surface area contributed by atoms with Crippen molar-refractivity contribution < 1.29 is 31.4 Å². The second-order valence-corrected chi connectivity index (χ2v) is 8.61. The van der Waals surface area contributed by atoms with Gasteiger partial charge in [0.05, 0.1) is 16.7 Å². The number of benzene rings is 3. The molecule has 0 aromatic heterocycles. The first-order chi connectivity index (χ1) is 17.6. The van der Waals surface area contributed by atoms with Crippen LogP contribution in [0.5, 0.6) is 0 Å². The summed E-state index contributed by atoms with van der Waals surface area (Å²) >= 11 is 0. The molecule has 2 aliphatic rings. The molecule has 2 heterocycles. The van der Waals surface area contributed by atoms with Crippen LogP contribution in [0.25, 0.3) is 11.3 Å². The molecule has 3 aromatic rings. The molecule has 1 atom stereocenters. The third kappa shape index (κ3) is 4.60. The van der Waals surface area contributed by atoms with E-state index in [2.05, 4.69) is 10.4 Å². The van der Waals surface area contributed by atoms with Gasteiger partial charge in [0.2, 0.25) is 11.7 Å². The number of hydrogen-bond acceptors (Lipinski definition) is 2. The summed E-state index contributed by atoms with van der Waals surface area (Å²) in [5, 5.41) is 6.82. The van der Waals surface area contributed by atoms with E-state index >= 15 is 0 Å². The van der Waals surface area contributed by atoms with Crippen molar-refractivity contribution in [2.24, 2.45) is 5.11 Å². The standard InChI is InChI=1S/C28H18F5N3O/c1-16-8-11-18(12-9-16)35-27(37)20-14-17(10-13-22(20)28(31,32)33)24-6-3-7-25-21(15-34-36(24)25)19-4-2-5-23(29)26(19)30/h2-15,25H,1H3/p+1. The molecular formula is C28H19F5N3O+. The summed E-state index contributed by atoms with van der Waals surface area (Å²) in [6.45, 7) is 1.85. The molecule has 1 amide bonds. The minimum Gasteiger partial charge on any atom is -0.322 e. The number of allylic oxidation sites excluding steroid dienone is 2. The Labute approximate surface area is 208 Å². The number of carbonyl (C=O) groups excluding carboxylic acids is 1. The van der Waals surface area contributed by atoms with Gasteiger partial charge in [-0.15, -0.1) is 0 Å². The Balaban J connectivity index is 1.50. The summed E-state index contributed by atoms with van der Waals surface area (Å²) in [5.74, 6) is -2.93. The molecule has 0 bridgehead atoms. The summed E-state index contributed by atoms with van der Waals surface area (Å²) in [7, 11) is 0. The molecule has 0 spiro atoms. The van der Waals surface area contributed by atoms with Gasteiger partial charge >= 0.3 is 6.18 Å². The normalized spacial score (nSPS) is 16.6. The van der Waals surface area contributed by atoms with Gasteiger partial charge in [-0.2, -0.15) is 13.2 Å². The van der Waals surface area contributed by atoms with Crippen LogP contribution >= 0.6 is 0 Å². The summed E-state index contributed by atoms with van der Waals surface area (Å²) in [6, 6.07) is 13.2. The Hall–Kier alpha value is -4.40. The van der Waals surface area contributed by atoms with Crippen molar-refractivity contribution in [2.75, 3.05) is 5.32 Å². The van der Waals surface area contributed by atoms with Gasteiger partial charge in [-0.3, -0.25) is 4.79 Å². The first-order valence-electron chi connectivity index (χ1n) is 11.3. The number of anilines is 1. The monoisotopic (exact) mass is 508 g/mol. The smallest absolute Gasteiger partial charge is 0.322 e. The lowest BCUT2D eigenvalue weighted by Gasteiger charge is -2.17. The second-order valence-electron chi connectivity index (χ2n) is 8.61. The van der Waals surface area contributed by atoms with Crippen molar-refractivity contribution in [1.29, 1.82) is 0 Å². The van der Waals surface area contributed by atoms with Crippen LogP contribution in [-0.2, 0) is 6.18 Å². The van der Waals surface area contributed by atoms with E-state index in [1.54, 1.807) is 42.5 Å². The molecule has 3 aromatic carbocycles. The van der Waals surface area contributed by atoms with Crippen LogP contribution in [0.15, 0.2) is 90.2 Å². The maximum Gasteiger partial charge on any atom is 0.417 e. The third-order valence-electron chi connectivity index (χ3n) is 6.14. The zero-order chi connectivity index (χ0) is 26.3. The highest BCUT2D eigenvalue weighted by Gasteiger charge is 2.40. The number of azo groups is 2. The van der Waals surface area contributed by atoms with E-state index in [4.69, 9.17) is 0 Å². The number of rotatable bonds is 4. The average molecular weight is 508 g/mol. The lowest BCUT2D eigenvalue weighted by molar-refractivity contribution is -0.509. The van der Waals surface area contributed by atoms with E-state index in [0.29, 0.717) is 22.5 Å². The van der Waals surface area contributed by atoms with Gasteiger partial charge in [0.25, 0.3) is 5.91 Å². The van der Waals surface area contributed by atoms with Crippen molar-refractivity contribution >= 4 is 22.9 Å². The quantitative estimate of drug-likeness (QED) is 0.291. The average Bonchev–Trinajstić information content (AvgIpc) is 3.30. The molecule has 0 saturated heterocycles. The predicted molar refractivity (Wildman–Crippen MR) is 129 cm³/mol. The summed E-state index contributed by atoms with van der Waals surface area (Å²) < 4.78 is 71.1. The van der Waals surface area contributed by atoms with Gasteiger partial charge in [0.15, 0.2) is 11.6 Å². The molecule has 186 valence electrons. The lowest BCUT2D eigenvalue weighted by Crippen LogP contribution is -2.24. The number of aryl methyl sites for hydroxylation is 1. The van der Waals surface area contributed by atoms with E-state index in [1.807, 2.05) is 6.92 Å². The first kappa shape index (κ1) is 24.3. The number of fused-ring (bicyclic) bond motifs is 1. The summed E-state index contributed by atoms with van der Waals surface area (Å²) in [5.41, 5.74) is 0.779. The molecule has 37 heavy (non-hydrogen) atoms. The highest BCUT2D eigenvalue weighted by atomic mass is 19.4. The Morgan fingerprint density at radius 2 is 1.78 bits per heavy atom. The van der Waals surface area contributed by atoms with Gasteiger partial charge in [-0.1, -0.05) is 40.6 Å². The molecule has 1 N–H and O–H groups in total. The molecule has 0 saturated carbocycles. The van der Waals surface area contributed by atoms with E-state index in [0.717, 1.165) is 23.8 Å². The van der Waals surface area contributed by atoms with Crippen LogP contribution in [0.2, 0.25) is 0 Å². The van der Waals surface area contributed by atoms with E-state index in [9.17, 15) is 26.7 Å². The lowest BCUT2D eigenvalue weighted by atomic mass is 9.95. The Morgan fingerprint density at radius 1 is 1.03 bits per heavy atom. The van der Waals surface area contributed by atoms with Gasteiger partial charge in [0.1, 0.15) is 6.20 Å². The molecule has 1 unspecified atom stereocenters. The molecule has 4 nitrogen and oxygen atoms in total. The van der Waals surface area contributed by atoms with Crippen molar-refractivity contribution in [3.8, 4) is 0 Å². The van der Waals surface area contributed by atoms with Crippen LogP contribution in [0.4, 0.5) is 27.6 Å². The van der Waals surface area contributed by atoms with E-state index in [1.165, 1.54) is 29.1 Å². The maximum absolute atomic E-state index is 14.5. The highest BCUT2D eigenvalue weighted by Crippen LogP contribution is 2.38. The fourth-order valence-electron chi connectivity index (χ4n) is 4.29. The second kappa shape index (κ2) is 9.24. The number of carbonyl (C=O) groups is 1. The van der Waals surface area contributed by atoms with Crippen LogP contribution in [-0.4, -0.2) is 16.6 Å². The van der Waals surface area contributed by atoms with Gasteiger partial charge < -0.3 is 5.32 Å². The fraction of sp³-hybridized carbons (Fsp3) is 0.107. The molecule has 2 aliphatic heterocycles. The van der Waals surface area contributed by atoms with E-state index < -0.39 is 40.9 Å². The van der Waals surface area contributed by atoms with Crippen LogP contribution in [0, 0.1) is 18.6 Å². The number of nitrogens with one attached hydrogen (secondary N) is 1. The number of nitrogens with zero attached hydrogens (tertiary/aromatic N) is 2. The molecular weight excluding hydrogens is 489 g/mol. The maximum atomic E-state index is 14.5. The van der Waals surface area contributed by atoms with Crippen LogP contribution in [0.3, 0.4) is 0 Å². The Morgan fingerprint density at radius 3 is 2.51 bits per heavy atom. The number of halogens is 5. The van der Waals surface area contributed by atoms with Gasteiger partial charge in [-0.05, 0) is 54.5 Å².